The summed E-state index contributed by atoms with van der Waals surface area (Å²) >= 11 is 1.31. The summed E-state index contributed by atoms with van der Waals surface area (Å²) in [5.74, 6) is 0.561. The van der Waals surface area contributed by atoms with Crippen LogP contribution in [0.4, 0.5) is 5.13 Å². The van der Waals surface area contributed by atoms with Crippen LogP contribution < -0.4 is 15.9 Å². The fourth-order valence-electron chi connectivity index (χ4n) is 2.37. The number of hydrogen-bond donors (Lipinski definition) is 2. The number of carbonyl (C=O) groups excluding carboxylic acids is 1. The predicted molar refractivity (Wildman–Crippen MR) is 108 cm³/mol. The number of carbonyl (C=O) groups is 1. The summed E-state index contributed by atoms with van der Waals surface area (Å²) in [6.45, 7) is 0.620. The van der Waals surface area contributed by atoms with Crippen LogP contribution in [-0.2, 0) is 17.6 Å². The molecule has 27 heavy (non-hydrogen) atoms. The van der Waals surface area contributed by atoms with E-state index in [9.17, 15) is 4.79 Å². The SMILES string of the molecule is Nc1nc(CC(=O)N/N=C/c2ccc(OCCc3ccccc3)cc2)cs1. The first-order valence-corrected chi connectivity index (χ1v) is 9.35. The van der Waals surface area contributed by atoms with Crippen LogP contribution in [0.15, 0.2) is 65.1 Å². The first-order chi connectivity index (χ1) is 13.2. The Kier molecular flexibility index (Phi) is 6.54. The summed E-state index contributed by atoms with van der Waals surface area (Å²) < 4.78 is 5.75. The molecule has 0 aliphatic rings. The number of hydrazone groups is 1. The molecule has 6 nitrogen and oxygen atoms in total. The first kappa shape index (κ1) is 18.6. The summed E-state index contributed by atoms with van der Waals surface area (Å²) in [4.78, 5) is 15.8. The van der Waals surface area contributed by atoms with Crippen LogP contribution in [0, 0.1) is 0 Å². The fraction of sp³-hybridized carbons (Fsp3) is 0.150. The van der Waals surface area contributed by atoms with Gasteiger partial charge in [-0.25, -0.2) is 10.4 Å². The predicted octanol–water partition coefficient (Wildman–Crippen LogP) is 3.04. The second kappa shape index (κ2) is 9.49. The number of nitrogens with one attached hydrogen (secondary N) is 1. The summed E-state index contributed by atoms with van der Waals surface area (Å²) in [6, 6.07) is 17.7. The normalized spacial score (nSPS) is 10.8. The van der Waals surface area contributed by atoms with E-state index in [-0.39, 0.29) is 12.3 Å². The number of anilines is 1. The summed E-state index contributed by atoms with van der Waals surface area (Å²) in [5.41, 5.74) is 10.8. The minimum Gasteiger partial charge on any atom is -0.493 e. The number of nitrogen functional groups attached to an aromatic ring is 1. The molecule has 0 aliphatic heterocycles. The zero-order valence-electron chi connectivity index (χ0n) is 14.7. The Morgan fingerprint density at radius 3 is 2.67 bits per heavy atom. The Morgan fingerprint density at radius 2 is 1.96 bits per heavy atom. The summed E-state index contributed by atoms with van der Waals surface area (Å²) in [6.07, 6.45) is 2.60. The highest BCUT2D eigenvalue weighted by Crippen LogP contribution is 2.12. The summed E-state index contributed by atoms with van der Waals surface area (Å²) in [7, 11) is 0. The molecular weight excluding hydrogens is 360 g/mol. The van der Waals surface area contributed by atoms with Gasteiger partial charge in [-0.05, 0) is 35.4 Å². The van der Waals surface area contributed by atoms with Gasteiger partial charge in [-0.15, -0.1) is 11.3 Å². The third-order valence-corrected chi connectivity index (χ3v) is 4.42. The number of amides is 1. The lowest BCUT2D eigenvalue weighted by atomic mass is 10.2. The van der Waals surface area contributed by atoms with Gasteiger partial charge in [-0.3, -0.25) is 4.79 Å². The van der Waals surface area contributed by atoms with Gasteiger partial charge in [0, 0.05) is 11.8 Å². The van der Waals surface area contributed by atoms with Crippen LogP contribution in [0.5, 0.6) is 5.75 Å². The van der Waals surface area contributed by atoms with Crippen molar-refractivity contribution >= 4 is 28.6 Å². The van der Waals surface area contributed by atoms with Crippen molar-refractivity contribution in [2.45, 2.75) is 12.8 Å². The van der Waals surface area contributed by atoms with Gasteiger partial charge in [0.05, 0.1) is 24.9 Å². The van der Waals surface area contributed by atoms with Crippen molar-refractivity contribution in [3.05, 3.63) is 76.8 Å². The van der Waals surface area contributed by atoms with Gasteiger partial charge >= 0.3 is 0 Å². The molecule has 1 aromatic heterocycles. The van der Waals surface area contributed by atoms with Crippen LogP contribution in [-0.4, -0.2) is 23.7 Å². The molecule has 0 saturated heterocycles. The Morgan fingerprint density at radius 1 is 1.19 bits per heavy atom. The molecule has 2 aromatic carbocycles. The van der Waals surface area contributed by atoms with Gasteiger partial charge in [0.1, 0.15) is 5.75 Å². The number of hydrogen-bond acceptors (Lipinski definition) is 6. The van der Waals surface area contributed by atoms with Crippen molar-refractivity contribution in [2.24, 2.45) is 5.10 Å². The third-order valence-electron chi connectivity index (χ3n) is 3.70. The minimum atomic E-state index is -0.239. The average molecular weight is 380 g/mol. The molecule has 0 unspecified atom stereocenters. The maximum atomic E-state index is 11.8. The van der Waals surface area contributed by atoms with Gasteiger partial charge in [0.25, 0.3) is 0 Å². The minimum absolute atomic E-state index is 0.152. The van der Waals surface area contributed by atoms with E-state index in [0.717, 1.165) is 17.7 Å². The molecule has 0 bridgehead atoms. The highest BCUT2D eigenvalue weighted by Gasteiger charge is 2.05. The molecule has 3 aromatic rings. The quantitative estimate of drug-likeness (QED) is 0.464. The molecule has 0 fully saturated rings. The Bertz CT molecular complexity index is 892. The van der Waals surface area contributed by atoms with Crippen molar-refractivity contribution in [2.75, 3.05) is 12.3 Å². The van der Waals surface area contributed by atoms with E-state index in [1.54, 1.807) is 11.6 Å². The molecule has 0 aliphatic carbocycles. The number of benzene rings is 2. The number of aromatic nitrogens is 1. The van der Waals surface area contributed by atoms with Crippen molar-refractivity contribution in [1.29, 1.82) is 0 Å². The van der Waals surface area contributed by atoms with Crippen molar-refractivity contribution < 1.29 is 9.53 Å². The molecule has 0 radical (unpaired) electrons. The molecular formula is C20H20N4O2S. The van der Waals surface area contributed by atoms with E-state index in [1.165, 1.54) is 16.9 Å². The largest absolute Gasteiger partial charge is 0.493 e. The molecule has 138 valence electrons. The topological polar surface area (TPSA) is 89.6 Å². The van der Waals surface area contributed by atoms with Gasteiger partial charge in [-0.2, -0.15) is 5.10 Å². The van der Waals surface area contributed by atoms with E-state index in [1.807, 2.05) is 42.5 Å². The molecule has 1 heterocycles. The molecule has 1 amide bonds. The van der Waals surface area contributed by atoms with Gasteiger partial charge in [0.15, 0.2) is 5.13 Å². The molecule has 0 atom stereocenters. The smallest absolute Gasteiger partial charge is 0.246 e. The van der Waals surface area contributed by atoms with E-state index >= 15 is 0 Å². The standard InChI is InChI=1S/C20H20N4O2S/c21-20-23-17(14-27-20)12-19(25)24-22-13-16-6-8-18(9-7-16)26-11-10-15-4-2-1-3-5-15/h1-9,13-14H,10-12H2,(H2,21,23)(H,24,25)/b22-13+. The second-order valence-electron chi connectivity index (χ2n) is 5.80. The van der Waals surface area contributed by atoms with Gasteiger partial charge < -0.3 is 10.5 Å². The van der Waals surface area contributed by atoms with Crippen LogP contribution >= 0.6 is 11.3 Å². The van der Waals surface area contributed by atoms with E-state index in [2.05, 4.69) is 27.6 Å². The number of nitrogens with two attached hydrogens (primary N) is 1. The van der Waals surface area contributed by atoms with Crippen molar-refractivity contribution in [1.82, 2.24) is 10.4 Å². The third kappa shape index (κ3) is 6.23. The molecule has 7 heteroatoms. The van der Waals surface area contributed by atoms with E-state index < -0.39 is 0 Å². The highest BCUT2D eigenvalue weighted by atomic mass is 32.1. The number of ether oxygens (including phenoxy) is 1. The average Bonchev–Trinajstić information content (AvgIpc) is 3.08. The Balaban J connectivity index is 1.41. The van der Waals surface area contributed by atoms with Gasteiger partial charge in [-0.1, -0.05) is 30.3 Å². The lowest BCUT2D eigenvalue weighted by Crippen LogP contribution is -2.19. The first-order valence-electron chi connectivity index (χ1n) is 8.47. The van der Waals surface area contributed by atoms with Crippen LogP contribution in [0.2, 0.25) is 0 Å². The van der Waals surface area contributed by atoms with Crippen LogP contribution in [0.1, 0.15) is 16.8 Å². The van der Waals surface area contributed by atoms with Crippen LogP contribution in [0.3, 0.4) is 0 Å². The van der Waals surface area contributed by atoms with Gasteiger partial charge in [0.2, 0.25) is 5.91 Å². The lowest BCUT2D eigenvalue weighted by Gasteiger charge is -2.06. The monoisotopic (exact) mass is 380 g/mol. The summed E-state index contributed by atoms with van der Waals surface area (Å²) in [5, 5.41) is 6.17. The molecule has 3 N–H and O–H groups in total. The fourth-order valence-corrected chi connectivity index (χ4v) is 2.93. The molecule has 3 rings (SSSR count). The number of thiazole rings is 1. The Labute approximate surface area is 161 Å². The highest BCUT2D eigenvalue weighted by molar-refractivity contribution is 7.13. The maximum absolute atomic E-state index is 11.8. The Hall–Kier alpha value is -3.19. The van der Waals surface area contributed by atoms with E-state index in [0.29, 0.717) is 17.4 Å². The second-order valence-corrected chi connectivity index (χ2v) is 6.69. The zero-order valence-corrected chi connectivity index (χ0v) is 15.5. The van der Waals surface area contributed by atoms with Crippen LogP contribution in [0.25, 0.3) is 0 Å². The van der Waals surface area contributed by atoms with Crippen molar-refractivity contribution in [3.8, 4) is 5.75 Å². The molecule has 0 saturated carbocycles. The number of rotatable bonds is 8. The number of nitrogens with zero attached hydrogens (tertiary/aromatic N) is 2. The zero-order chi connectivity index (χ0) is 18.9. The lowest BCUT2D eigenvalue weighted by molar-refractivity contribution is -0.120. The maximum Gasteiger partial charge on any atom is 0.246 e. The van der Waals surface area contributed by atoms with E-state index in [4.69, 9.17) is 10.5 Å². The van der Waals surface area contributed by atoms with Crippen molar-refractivity contribution in [3.63, 3.8) is 0 Å². The molecule has 0 spiro atoms.